The SMILES string of the molecule is CC1=Cc2cc3c(cc2C1[Si](C)(C)Cl)CC(C)(C)C3. The molecule has 2 heteroatoms. The van der Waals surface area contributed by atoms with E-state index in [0.717, 1.165) is 0 Å². The largest absolute Gasteiger partial charge is 0.167 e. The maximum absolute atomic E-state index is 6.77. The van der Waals surface area contributed by atoms with Crippen molar-refractivity contribution in [1.82, 2.24) is 0 Å². The zero-order valence-electron chi connectivity index (χ0n) is 12.6. The maximum atomic E-state index is 6.77. The Hall–Kier alpha value is -0.533. The molecule has 1 unspecified atom stereocenters. The average Bonchev–Trinajstić information content (AvgIpc) is 2.65. The minimum Gasteiger partial charge on any atom is -0.167 e. The number of benzene rings is 1. The quantitative estimate of drug-likeness (QED) is 0.487. The number of allylic oxidation sites excluding steroid dienone is 1. The Labute approximate surface area is 122 Å². The molecule has 0 N–H and O–H groups in total. The highest BCUT2D eigenvalue weighted by Crippen LogP contribution is 2.47. The van der Waals surface area contributed by atoms with Gasteiger partial charge in [-0.15, -0.1) is 0 Å². The van der Waals surface area contributed by atoms with Crippen molar-refractivity contribution in [2.24, 2.45) is 5.41 Å². The number of hydrogen-bond acceptors (Lipinski definition) is 0. The van der Waals surface area contributed by atoms with Gasteiger partial charge in [0.2, 0.25) is 0 Å². The highest BCUT2D eigenvalue weighted by atomic mass is 35.6. The van der Waals surface area contributed by atoms with E-state index < -0.39 is 7.38 Å². The first-order valence-corrected chi connectivity index (χ1v) is 11.3. The number of hydrogen-bond donors (Lipinski definition) is 0. The second-order valence-electron chi connectivity index (χ2n) is 7.65. The lowest BCUT2D eigenvalue weighted by molar-refractivity contribution is 0.392. The Bertz CT molecular complexity index is 576. The molecule has 1 atom stereocenters. The van der Waals surface area contributed by atoms with E-state index in [1.807, 2.05) is 0 Å². The Kier molecular flexibility index (Phi) is 2.82. The number of rotatable bonds is 1. The van der Waals surface area contributed by atoms with Crippen LogP contribution in [-0.4, -0.2) is 7.38 Å². The fourth-order valence-electron chi connectivity index (χ4n) is 4.01. The molecule has 1 aromatic rings. The van der Waals surface area contributed by atoms with E-state index in [4.69, 9.17) is 11.1 Å². The van der Waals surface area contributed by atoms with Gasteiger partial charge in [0.1, 0.15) is 0 Å². The van der Waals surface area contributed by atoms with Crippen molar-refractivity contribution in [1.29, 1.82) is 0 Å². The van der Waals surface area contributed by atoms with Crippen LogP contribution in [0.5, 0.6) is 0 Å². The average molecular weight is 291 g/mol. The van der Waals surface area contributed by atoms with Gasteiger partial charge in [0, 0.05) is 5.54 Å². The molecule has 0 bridgehead atoms. The van der Waals surface area contributed by atoms with Crippen LogP contribution >= 0.6 is 11.1 Å². The fraction of sp³-hybridized carbons (Fsp3) is 0.529. The molecule has 2 aliphatic rings. The van der Waals surface area contributed by atoms with Crippen molar-refractivity contribution in [3.8, 4) is 0 Å². The van der Waals surface area contributed by atoms with Crippen LogP contribution in [0.25, 0.3) is 6.08 Å². The van der Waals surface area contributed by atoms with E-state index >= 15 is 0 Å². The highest BCUT2D eigenvalue weighted by Gasteiger charge is 2.38. The third-order valence-electron chi connectivity index (χ3n) is 4.58. The van der Waals surface area contributed by atoms with Crippen molar-refractivity contribution < 1.29 is 0 Å². The van der Waals surface area contributed by atoms with Gasteiger partial charge < -0.3 is 0 Å². The van der Waals surface area contributed by atoms with Gasteiger partial charge in [-0.2, -0.15) is 11.1 Å². The Morgan fingerprint density at radius 2 is 1.74 bits per heavy atom. The van der Waals surface area contributed by atoms with Crippen LogP contribution in [0.15, 0.2) is 17.7 Å². The van der Waals surface area contributed by atoms with Gasteiger partial charge in [0.05, 0.1) is 0 Å². The highest BCUT2D eigenvalue weighted by molar-refractivity contribution is 7.20. The summed E-state index contributed by atoms with van der Waals surface area (Å²) in [7, 11) is -1.70. The molecule has 0 saturated carbocycles. The predicted molar refractivity (Wildman–Crippen MR) is 87.4 cm³/mol. The first kappa shape index (κ1) is 13.4. The van der Waals surface area contributed by atoms with E-state index in [-0.39, 0.29) is 0 Å². The monoisotopic (exact) mass is 290 g/mol. The summed E-state index contributed by atoms with van der Waals surface area (Å²) < 4.78 is 0. The molecule has 0 radical (unpaired) electrons. The second-order valence-corrected chi connectivity index (χ2v) is 14.3. The topological polar surface area (TPSA) is 0 Å². The maximum Gasteiger partial charge on any atom is 0.161 e. The molecule has 1 aromatic carbocycles. The summed E-state index contributed by atoms with van der Waals surface area (Å²) in [6.07, 6.45) is 4.79. The van der Waals surface area contributed by atoms with Crippen molar-refractivity contribution in [3.05, 3.63) is 40.0 Å². The first-order valence-electron chi connectivity index (χ1n) is 7.20. The zero-order chi connectivity index (χ0) is 14.0. The van der Waals surface area contributed by atoms with Crippen LogP contribution in [0, 0.1) is 5.41 Å². The normalized spacial score (nSPS) is 24.1. The summed E-state index contributed by atoms with van der Waals surface area (Å²) in [6, 6.07) is 4.90. The lowest BCUT2D eigenvalue weighted by Crippen LogP contribution is -2.28. The van der Waals surface area contributed by atoms with E-state index in [2.05, 4.69) is 52.1 Å². The van der Waals surface area contributed by atoms with E-state index in [0.29, 0.717) is 11.0 Å². The molecule has 0 aliphatic heterocycles. The molecular weight excluding hydrogens is 268 g/mol. The second kappa shape index (κ2) is 3.99. The predicted octanol–water partition coefficient (Wildman–Crippen LogP) is 5.30. The van der Waals surface area contributed by atoms with Gasteiger partial charge >= 0.3 is 0 Å². The summed E-state index contributed by atoms with van der Waals surface area (Å²) in [6.45, 7) is 11.5. The molecule has 0 fully saturated rings. The molecule has 2 aliphatic carbocycles. The van der Waals surface area contributed by atoms with Crippen LogP contribution in [0.1, 0.15) is 48.6 Å². The Morgan fingerprint density at radius 1 is 1.16 bits per heavy atom. The molecule has 3 rings (SSSR count). The Balaban J connectivity index is 2.10. The van der Waals surface area contributed by atoms with Crippen LogP contribution in [0.4, 0.5) is 0 Å². The number of fused-ring (bicyclic) bond motifs is 2. The minimum atomic E-state index is -1.70. The summed E-state index contributed by atoms with van der Waals surface area (Å²) in [5.41, 5.74) is 8.44. The Morgan fingerprint density at radius 3 is 2.32 bits per heavy atom. The third kappa shape index (κ3) is 2.21. The molecule has 0 saturated heterocycles. The molecule has 102 valence electrons. The van der Waals surface area contributed by atoms with Crippen LogP contribution in [0.2, 0.25) is 13.1 Å². The standard InChI is InChI=1S/C17H23ClSi/c1-11-6-12-7-13-9-17(2,3)10-14(13)8-15(12)16(11)19(4,5)18/h6-8,16H,9-10H2,1-5H3. The van der Waals surface area contributed by atoms with Crippen molar-refractivity contribution in [2.45, 2.75) is 52.2 Å². The molecule has 0 aromatic heterocycles. The molecule has 0 nitrogen and oxygen atoms in total. The fourth-order valence-corrected chi connectivity index (χ4v) is 7.03. The molecule has 0 spiro atoms. The van der Waals surface area contributed by atoms with Gasteiger partial charge in [-0.25, -0.2) is 0 Å². The van der Waals surface area contributed by atoms with E-state index in [1.54, 1.807) is 11.1 Å². The summed E-state index contributed by atoms with van der Waals surface area (Å²) in [4.78, 5) is 0. The summed E-state index contributed by atoms with van der Waals surface area (Å²) in [5.74, 6) is 0. The molecular formula is C17H23ClSi. The lowest BCUT2D eigenvalue weighted by Gasteiger charge is -2.25. The molecule has 19 heavy (non-hydrogen) atoms. The minimum absolute atomic E-state index is 0.430. The van der Waals surface area contributed by atoms with Gasteiger partial charge in [-0.3, -0.25) is 0 Å². The van der Waals surface area contributed by atoms with Gasteiger partial charge in [-0.05, 0) is 47.4 Å². The summed E-state index contributed by atoms with van der Waals surface area (Å²) >= 11 is 6.77. The van der Waals surface area contributed by atoms with Gasteiger partial charge in [-0.1, -0.05) is 50.7 Å². The summed E-state index contributed by atoms with van der Waals surface area (Å²) in [5, 5.41) is 0. The van der Waals surface area contributed by atoms with Gasteiger partial charge in [0.25, 0.3) is 0 Å². The van der Waals surface area contributed by atoms with Crippen LogP contribution in [-0.2, 0) is 12.8 Å². The van der Waals surface area contributed by atoms with Crippen molar-refractivity contribution in [3.63, 3.8) is 0 Å². The first-order chi connectivity index (χ1) is 8.67. The van der Waals surface area contributed by atoms with E-state index in [9.17, 15) is 0 Å². The smallest absolute Gasteiger partial charge is 0.161 e. The molecule has 0 amide bonds. The lowest BCUT2D eigenvalue weighted by atomic mass is 9.90. The van der Waals surface area contributed by atoms with E-state index in [1.165, 1.54) is 29.5 Å². The third-order valence-corrected chi connectivity index (χ3v) is 7.37. The van der Waals surface area contributed by atoms with Crippen molar-refractivity contribution >= 4 is 24.5 Å². The molecule has 0 heterocycles. The zero-order valence-corrected chi connectivity index (χ0v) is 14.4. The van der Waals surface area contributed by atoms with Crippen LogP contribution in [0.3, 0.4) is 0 Å². The number of halogens is 1. The van der Waals surface area contributed by atoms with Gasteiger partial charge in [0.15, 0.2) is 7.38 Å². The van der Waals surface area contributed by atoms with Crippen LogP contribution < -0.4 is 0 Å². The van der Waals surface area contributed by atoms with Crippen molar-refractivity contribution in [2.75, 3.05) is 0 Å².